The Bertz CT molecular complexity index is 1240. The number of rotatable bonds is 7. The van der Waals surface area contributed by atoms with Gasteiger partial charge >= 0.3 is 6.03 Å². The zero-order valence-corrected chi connectivity index (χ0v) is 20.6. The summed E-state index contributed by atoms with van der Waals surface area (Å²) in [5.41, 5.74) is 3.06. The first-order chi connectivity index (χ1) is 17.0. The third-order valence-electron chi connectivity index (χ3n) is 6.94. The summed E-state index contributed by atoms with van der Waals surface area (Å²) < 4.78 is 0. The second-order valence-corrected chi connectivity index (χ2v) is 10.2. The second-order valence-electron chi connectivity index (χ2n) is 9.25. The highest BCUT2D eigenvalue weighted by atomic mass is 32.1. The van der Waals surface area contributed by atoms with Crippen LogP contribution in [-0.2, 0) is 28.0 Å². The second kappa shape index (κ2) is 9.66. The van der Waals surface area contributed by atoms with Gasteiger partial charge in [-0.3, -0.25) is 14.5 Å². The summed E-state index contributed by atoms with van der Waals surface area (Å²) in [4.78, 5) is 41.7. The Morgan fingerprint density at radius 2 is 1.91 bits per heavy atom. The van der Waals surface area contributed by atoms with Crippen LogP contribution >= 0.6 is 11.3 Å². The van der Waals surface area contributed by atoms with Crippen molar-refractivity contribution in [2.24, 2.45) is 0 Å². The van der Waals surface area contributed by atoms with Crippen LogP contribution in [0.1, 0.15) is 59.4 Å². The van der Waals surface area contributed by atoms with Gasteiger partial charge in [-0.1, -0.05) is 67.9 Å². The van der Waals surface area contributed by atoms with Gasteiger partial charge in [0.05, 0.1) is 6.04 Å². The molecule has 2 N–H and O–H groups in total. The third-order valence-corrected chi connectivity index (χ3v) is 7.87. The number of aryl methyl sites for hydroxylation is 2. The minimum Gasteiger partial charge on any atom is -0.343 e. The van der Waals surface area contributed by atoms with E-state index in [1.807, 2.05) is 53.9 Å². The molecule has 1 aromatic heterocycles. The van der Waals surface area contributed by atoms with Crippen LogP contribution in [0.2, 0.25) is 0 Å². The van der Waals surface area contributed by atoms with E-state index in [-0.39, 0.29) is 24.4 Å². The maximum absolute atomic E-state index is 13.5. The van der Waals surface area contributed by atoms with E-state index < -0.39 is 11.6 Å². The molecule has 5 rings (SSSR count). The lowest BCUT2D eigenvalue weighted by Crippen LogP contribution is -2.47. The molecule has 2 aromatic carbocycles. The minimum absolute atomic E-state index is 0.315. The highest BCUT2D eigenvalue weighted by molar-refractivity contribution is 7.10. The van der Waals surface area contributed by atoms with E-state index >= 15 is 0 Å². The number of carbonyl (C=O) groups is 3. The maximum atomic E-state index is 13.5. The number of fused-ring (bicyclic) bond motifs is 2. The third kappa shape index (κ3) is 4.36. The number of nitrogens with zero attached hydrogens (tertiary/aromatic N) is 1. The number of thiophene rings is 1. The lowest BCUT2D eigenvalue weighted by molar-refractivity contribution is -0.135. The molecule has 4 amide bonds. The van der Waals surface area contributed by atoms with Crippen molar-refractivity contribution < 1.29 is 14.4 Å². The highest BCUT2D eigenvalue weighted by Crippen LogP contribution is 2.39. The van der Waals surface area contributed by atoms with Gasteiger partial charge in [-0.15, -0.1) is 11.3 Å². The number of hydrogen-bond donors (Lipinski definition) is 2. The van der Waals surface area contributed by atoms with E-state index in [4.69, 9.17) is 0 Å². The summed E-state index contributed by atoms with van der Waals surface area (Å²) in [5, 5.41) is 7.96. The van der Waals surface area contributed by atoms with Crippen LogP contribution < -0.4 is 10.6 Å². The van der Waals surface area contributed by atoms with E-state index in [2.05, 4.69) is 29.7 Å². The molecule has 2 aliphatic rings. The first-order valence-electron chi connectivity index (χ1n) is 12.2. The van der Waals surface area contributed by atoms with E-state index in [1.54, 1.807) is 11.3 Å². The van der Waals surface area contributed by atoms with Gasteiger partial charge in [-0.05, 0) is 59.4 Å². The lowest BCUT2D eigenvalue weighted by Gasteiger charge is -2.33. The summed E-state index contributed by atoms with van der Waals surface area (Å²) in [7, 11) is 0. The quantitative estimate of drug-likeness (QED) is 0.475. The molecule has 2 atom stereocenters. The van der Waals surface area contributed by atoms with Gasteiger partial charge in [-0.25, -0.2) is 4.79 Å². The Balaban J connectivity index is 1.35. The topological polar surface area (TPSA) is 78.5 Å². The van der Waals surface area contributed by atoms with Crippen LogP contribution in [0, 0.1) is 0 Å². The Morgan fingerprint density at radius 3 is 2.66 bits per heavy atom. The molecule has 0 bridgehead atoms. The van der Waals surface area contributed by atoms with Crippen LogP contribution in [0.5, 0.6) is 0 Å². The molecule has 35 heavy (non-hydrogen) atoms. The van der Waals surface area contributed by atoms with E-state index in [1.165, 1.54) is 5.56 Å². The Morgan fingerprint density at radius 1 is 1.11 bits per heavy atom. The van der Waals surface area contributed by atoms with Crippen molar-refractivity contribution in [3.05, 3.63) is 93.2 Å². The molecule has 0 saturated carbocycles. The zero-order chi connectivity index (χ0) is 24.4. The van der Waals surface area contributed by atoms with Crippen molar-refractivity contribution in [2.45, 2.75) is 50.6 Å². The van der Waals surface area contributed by atoms with Crippen molar-refractivity contribution in [1.29, 1.82) is 0 Å². The molecule has 1 spiro atoms. The van der Waals surface area contributed by atoms with Crippen LogP contribution in [0.3, 0.4) is 0 Å². The number of nitrogens with one attached hydrogen (secondary N) is 2. The van der Waals surface area contributed by atoms with Crippen molar-refractivity contribution in [2.75, 3.05) is 6.54 Å². The Kier molecular flexibility index (Phi) is 6.43. The molecule has 7 heteroatoms. The molecule has 2 unspecified atom stereocenters. The molecular formula is C28H29N3O3S. The molecule has 3 aromatic rings. The Labute approximate surface area is 209 Å². The van der Waals surface area contributed by atoms with Crippen LogP contribution in [0.4, 0.5) is 4.79 Å². The van der Waals surface area contributed by atoms with E-state index in [9.17, 15) is 14.4 Å². The predicted molar refractivity (Wildman–Crippen MR) is 136 cm³/mol. The van der Waals surface area contributed by atoms with Gasteiger partial charge in [-0.2, -0.15) is 0 Å². The summed E-state index contributed by atoms with van der Waals surface area (Å²) in [6.45, 7) is 1.83. The van der Waals surface area contributed by atoms with Crippen molar-refractivity contribution in [3.63, 3.8) is 0 Å². The van der Waals surface area contributed by atoms with Gasteiger partial charge in [0, 0.05) is 4.88 Å². The van der Waals surface area contributed by atoms with Crippen molar-refractivity contribution >= 4 is 29.2 Å². The van der Waals surface area contributed by atoms with Gasteiger partial charge < -0.3 is 10.6 Å². The average Bonchev–Trinajstić information content (AvgIpc) is 3.48. The molecule has 1 aliphatic heterocycles. The number of hydrogen-bond acceptors (Lipinski definition) is 4. The monoisotopic (exact) mass is 487 g/mol. The molecule has 6 nitrogen and oxygen atoms in total. The molecule has 0 radical (unpaired) electrons. The van der Waals surface area contributed by atoms with Crippen LogP contribution in [-0.4, -0.2) is 29.3 Å². The molecule has 1 fully saturated rings. The minimum atomic E-state index is -1.07. The summed E-state index contributed by atoms with van der Waals surface area (Å²) in [6.07, 6.45) is 4.29. The van der Waals surface area contributed by atoms with Gasteiger partial charge in [0.15, 0.2) is 0 Å². The summed E-state index contributed by atoms with van der Waals surface area (Å²) >= 11 is 1.56. The zero-order valence-electron chi connectivity index (χ0n) is 19.8. The molecule has 1 saturated heterocycles. The standard InChI is InChI=1S/C28H29N3O3S/c1-2-7-19-12-14-21(15-13-19)25(23-11-6-17-35-23)29-24(32)18-31-26(33)28(30-27(31)34)16-5-9-20-8-3-4-10-22(20)28/h3-4,6,8,10-15,17,25H,2,5,7,9,16,18H2,1H3,(H,29,32)(H,30,34). The summed E-state index contributed by atoms with van der Waals surface area (Å²) in [5.74, 6) is -0.716. The first-order valence-corrected chi connectivity index (χ1v) is 13.0. The number of carbonyl (C=O) groups excluding carboxylic acids is 3. The molecular weight excluding hydrogens is 458 g/mol. The lowest BCUT2D eigenvalue weighted by atomic mass is 9.76. The normalized spacial score (nSPS) is 20.0. The Hall–Kier alpha value is -3.45. The number of urea groups is 1. The largest absolute Gasteiger partial charge is 0.343 e. The van der Waals surface area contributed by atoms with Crippen molar-refractivity contribution in [3.8, 4) is 0 Å². The van der Waals surface area contributed by atoms with E-state index in [0.29, 0.717) is 6.42 Å². The molecule has 1 aliphatic carbocycles. The summed E-state index contributed by atoms with van der Waals surface area (Å²) in [6, 6.07) is 19.1. The highest BCUT2D eigenvalue weighted by Gasteiger charge is 2.54. The van der Waals surface area contributed by atoms with Crippen LogP contribution in [0.15, 0.2) is 66.0 Å². The fourth-order valence-corrected chi connectivity index (χ4v) is 6.05. The smallest absolute Gasteiger partial charge is 0.325 e. The van der Waals surface area contributed by atoms with Gasteiger partial charge in [0.2, 0.25) is 5.91 Å². The van der Waals surface area contributed by atoms with Gasteiger partial charge in [0.1, 0.15) is 12.1 Å². The van der Waals surface area contributed by atoms with Crippen LogP contribution in [0.25, 0.3) is 0 Å². The first kappa shape index (κ1) is 23.3. The average molecular weight is 488 g/mol. The fourth-order valence-electron chi connectivity index (χ4n) is 5.24. The van der Waals surface area contributed by atoms with Gasteiger partial charge in [0.25, 0.3) is 5.91 Å². The predicted octanol–water partition coefficient (Wildman–Crippen LogP) is 4.69. The van der Waals surface area contributed by atoms with Crippen molar-refractivity contribution in [1.82, 2.24) is 15.5 Å². The number of imide groups is 1. The van der Waals surface area contributed by atoms with E-state index in [0.717, 1.165) is 52.2 Å². The fraction of sp³-hybridized carbons (Fsp3) is 0.321. The SMILES string of the molecule is CCCc1ccc(C(NC(=O)CN2C(=O)NC3(CCCc4ccccc43)C2=O)c2cccs2)cc1. The number of benzene rings is 2. The molecule has 2 heterocycles. The maximum Gasteiger partial charge on any atom is 0.325 e. The number of amides is 4. The molecule has 180 valence electrons.